The first-order valence-corrected chi connectivity index (χ1v) is 8.36. The maximum Gasteiger partial charge on any atom is 0.250 e. The number of hydrogen-bond donors (Lipinski definition) is 0. The van der Waals surface area contributed by atoms with Crippen LogP contribution in [0.2, 0.25) is 0 Å². The first-order chi connectivity index (χ1) is 10.7. The quantitative estimate of drug-likeness (QED) is 0.866. The van der Waals surface area contributed by atoms with Crippen LogP contribution in [0.4, 0.5) is 4.39 Å². The molecule has 2 aromatic rings. The molecule has 0 aliphatic carbocycles. The molecule has 0 bridgehead atoms. The van der Waals surface area contributed by atoms with Crippen molar-refractivity contribution in [3.05, 3.63) is 48.3 Å². The Balaban J connectivity index is 1.31. The molecule has 4 heterocycles. The topological polar surface area (TPSA) is 38.5 Å². The standard InChI is InChI=1S/C16H17FN2O2S/c17-14-2-1-4-18-15(14)21-13-6-16(22-9-13)10-19(11-16)7-12-3-5-20-8-12/h1-5,8,13H,6-7,9-11H2/t13-/m0/s1. The molecule has 2 aliphatic rings. The summed E-state index contributed by atoms with van der Waals surface area (Å²) in [4.78, 5) is 6.38. The van der Waals surface area contributed by atoms with Crippen molar-refractivity contribution in [1.29, 1.82) is 0 Å². The molecule has 2 saturated heterocycles. The molecule has 4 nitrogen and oxygen atoms in total. The molecule has 0 N–H and O–H groups in total. The Kier molecular flexibility index (Phi) is 3.58. The molecule has 2 aromatic heterocycles. The number of likely N-dealkylation sites (tertiary alicyclic amines) is 1. The Labute approximate surface area is 132 Å². The molecular weight excluding hydrogens is 303 g/mol. The molecule has 0 radical (unpaired) electrons. The lowest BCUT2D eigenvalue weighted by atomic mass is 9.92. The van der Waals surface area contributed by atoms with Gasteiger partial charge in [-0.1, -0.05) is 0 Å². The number of rotatable bonds is 4. The van der Waals surface area contributed by atoms with Gasteiger partial charge in [0.05, 0.1) is 12.5 Å². The van der Waals surface area contributed by atoms with E-state index in [4.69, 9.17) is 9.15 Å². The molecule has 116 valence electrons. The van der Waals surface area contributed by atoms with Crippen molar-refractivity contribution in [1.82, 2.24) is 9.88 Å². The largest absolute Gasteiger partial charge is 0.472 e. The van der Waals surface area contributed by atoms with Crippen LogP contribution in [-0.4, -0.2) is 39.6 Å². The van der Waals surface area contributed by atoms with E-state index in [2.05, 4.69) is 9.88 Å². The Hall–Kier alpha value is -1.53. The molecule has 2 fully saturated rings. The summed E-state index contributed by atoms with van der Waals surface area (Å²) in [5, 5.41) is 0. The van der Waals surface area contributed by atoms with E-state index >= 15 is 0 Å². The number of pyridine rings is 1. The van der Waals surface area contributed by atoms with E-state index in [1.54, 1.807) is 24.8 Å². The zero-order chi connectivity index (χ0) is 15.0. The fourth-order valence-electron chi connectivity index (χ4n) is 3.24. The van der Waals surface area contributed by atoms with Crippen LogP contribution in [0.25, 0.3) is 0 Å². The minimum absolute atomic E-state index is 0.0467. The van der Waals surface area contributed by atoms with Crippen LogP contribution in [0.5, 0.6) is 5.88 Å². The summed E-state index contributed by atoms with van der Waals surface area (Å²) in [6.07, 6.45) is 6.07. The van der Waals surface area contributed by atoms with Gasteiger partial charge in [-0.3, -0.25) is 4.90 Å². The van der Waals surface area contributed by atoms with E-state index in [-0.39, 0.29) is 22.5 Å². The average Bonchev–Trinajstić information content (AvgIpc) is 3.11. The van der Waals surface area contributed by atoms with Crippen molar-refractivity contribution < 1.29 is 13.5 Å². The molecule has 0 aromatic carbocycles. The maximum absolute atomic E-state index is 13.6. The highest BCUT2D eigenvalue weighted by Gasteiger charge is 2.49. The second-order valence-electron chi connectivity index (χ2n) is 6.01. The number of aromatic nitrogens is 1. The molecule has 22 heavy (non-hydrogen) atoms. The third-order valence-corrected chi connectivity index (χ3v) is 5.76. The Morgan fingerprint density at radius 2 is 2.36 bits per heavy atom. The molecule has 0 amide bonds. The number of hydrogen-bond acceptors (Lipinski definition) is 5. The lowest BCUT2D eigenvalue weighted by Gasteiger charge is -2.47. The average molecular weight is 320 g/mol. The van der Waals surface area contributed by atoms with Crippen molar-refractivity contribution in [3.8, 4) is 5.88 Å². The van der Waals surface area contributed by atoms with E-state index in [1.165, 1.54) is 11.6 Å². The minimum Gasteiger partial charge on any atom is -0.472 e. The van der Waals surface area contributed by atoms with Gasteiger partial charge in [0.2, 0.25) is 0 Å². The highest BCUT2D eigenvalue weighted by molar-refractivity contribution is 8.01. The van der Waals surface area contributed by atoms with Gasteiger partial charge in [-0.2, -0.15) is 0 Å². The first-order valence-electron chi connectivity index (χ1n) is 7.37. The number of nitrogens with zero attached hydrogens (tertiary/aromatic N) is 2. The van der Waals surface area contributed by atoms with Crippen LogP contribution in [0.3, 0.4) is 0 Å². The van der Waals surface area contributed by atoms with Crippen LogP contribution in [0, 0.1) is 5.82 Å². The minimum atomic E-state index is -0.386. The van der Waals surface area contributed by atoms with Gasteiger partial charge >= 0.3 is 0 Å². The van der Waals surface area contributed by atoms with Gasteiger partial charge in [0.15, 0.2) is 5.82 Å². The predicted octanol–water partition coefficient (Wildman–Crippen LogP) is 2.95. The van der Waals surface area contributed by atoms with Gasteiger partial charge in [-0.15, -0.1) is 11.8 Å². The third kappa shape index (κ3) is 2.73. The van der Waals surface area contributed by atoms with Crippen molar-refractivity contribution in [2.45, 2.75) is 23.8 Å². The summed E-state index contributed by atoms with van der Waals surface area (Å²) in [5.74, 6) is 0.638. The smallest absolute Gasteiger partial charge is 0.250 e. The van der Waals surface area contributed by atoms with Gasteiger partial charge in [0.1, 0.15) is 6.10 Å². The van der Waals surface area contributed by atoms with Crippen molar-refractivity contribution in [2.24, 2.45) is 0 Å². The van der Waals surface area contributed by atoms with Gasteiger partial charge in [-0.25, -0.2) is 9.37 Å². The lowest BCUT2D eigenvalue weighted by Crippen LogP contribution is -2.58. The van der Waals surface area contributed by atoms with Crippen LogP contribution < -0.4 is 4.74 Å². The van der Waals surface area contributed by atoms with Crippen LogP contribution in [0.1, 0.15) is 12.0 Å². The van der Waals surface area contributed by atoms with Gasteiger partial charge < -0.3 is 9.15 Å². The number of furan rings is 1. The molecule has 2 aliphatic heterocycles. The van der Waals surface area contributed by atoms with E-state index in [0.29, 0.717) is 0 Å². The predicted molar refractivity (Wildman–Crippen MR) is 82.4 cm³/mol. The molecule has 1 atom stereocenters. The van der Waals surface area contributed by atoms with Crippen molar-refractivity contribution in [3.63, 3.8) is 0 Å². The zero-order valence-electron chi connectivity index (χ0n) is 12.1. The number of thioether (sulfide) groups is 1. The molecule has 6 heteroatoms. The summed E-state index contributed by atoms with van der Waals surface area (Å²) in [5.41, 5.74) is 1.21. The number of ether oxygens (including phenoxy) is 1. The Morgan fingerprint density at radius 1 is 1.45 bits per heavy atom. The van der Waals surface area contributed by atoms with Gasteiger partial charge in [0.25, 0.3) is 5.88 Å². The van der Waals surface area contributed by atoms with Crippen LogP contribution in [0.15, 0.2) is 41.3 Å². The fourth-order valence-corrected chi connectivity index (χ4v) is 4.81. The maximum atomic E-state index is 13.6. The fraction of sp³-hybridized carbons (Fsp3) is 0.438. The summed E-state index contributed by atoms with van der Waals surface area (Å²) in [6.45, 7) is 3.03. The van der Waals surface area contributed by atoms with Crippen molar-refractivity contribution >= 4 is 11.8 Å². The molecule has 4 rings (SSSR count). The number of halogens is 1. The van der Waals surface area contributed by atoms with E-state index < -0.39 is 0 Å². The third-order valence-electron chi connectivity index (χ3n) is 4.19. The summed E-state index contributed by atoms with van der Waals surface area (Å²) < 4.78 is 24.7. The molecular formula is C16H17FN2O2S. The van der Waals surface area contributed by atoms with Crippen molar-refractivity contribution in [2.75, 3.05) is 18.8 Å². The highest BCUT2D eigenvalue weighted by atomic mass is 32.2. The van der Waals surface area contributed by atoms with Gasteiger partial charge in [0, 0.05) is 48.3 Å². The second kappa shape index (κ2) is 5.59. The monoisotopic (exact) mass is 320 g/mol. The van der Waals surface area contributed by atoms with E-state index in [1.807, 2.05) is 17.8 Å². The first kappa shape index (κ1) is 14.1. The Bertz CT molecular complexity index is 643. The normalized spacial score (nSPS) is 23.6. The second-order valence-corrected chi connectivity index (χ2v) is 7.49. The summed E-state index contributed by atoms with van der Waals surface area (Å²) in [7, 11) is 0. The van der Waals surface area contributed by atoms with E-state index in [0.717, 1.165) is 31.8 Å². The Morgan fingerprint density at radius 3 is 3.14 bits per heavy atom. The molecule has 0 saturated carbocycles. The highest BCUT2D eigenvalue weighted by Crippen LogP contribution is 2.46. The SMILES string of the molecule is Fc1cccnc1O[C@@H]1CSC2(C1)CN(Cc1ccoc1)C2. The van der Waals surface area contributed by atoms with Gasteiger partial charge in [-0.05, 0) is 18.2 Å². The van der Waals surface area contributed by atoms with Crippen LogP contribution >= 0.6 is 11.8 Å². The molecule has 1 spiro atoms. The summed E-state index contributed by atoms with van der Waals surface area (Å²) in [6, 6.07) is 4.96. The lowest BCUT2D eigenvalue weighted by molar-refractivity contribution is 0.0894. The van der Waals surface area contributed by atoms with E-state index in [9.17, 15) is 4.39 Å². The zero-order valence-corrected chi connectivity index (χ0v) is 12.9. The molecule has 0 unspecified atom stereocenters. The van der Waals surface area contributed by atoms with Crippen LogP contribution in [-0.2, 0) is 6.54 Å². The summed E-state index contributed by atoms with van der Waals surface area (Å²) >= 11 is 1.94.